The Morgan fingerprint density at radius 3 is 0.712 bits per heavy atom. The van der Waals surface area contributed by atoms with Crippen molar-refractivity contribution in [3.05, 3.63) is 0 Å². The van der Waals surface area contributed by atoms with Crippen molar-refractivity contribution in [1.82, 2.24) is 10.6 Å². The molecule has 0 bridgehead atoms. The predicted molar refractivity (Wildman–Crippen MR) is 339 cm³/mol. The van der Waals surface area contributed by atoms with Crippen LogP contribution in [0.5, 0.6) is 0 Å². The van der Waals surface area contributed by atoms with Gasteiger partial charge in [-0.25, -0.2) is 66.9 Å². The Balaban J connectivity index is 3.00. The number of carbonyl (C=O) groups is 2. The molecule has 0 unspecified atom stereocenters. The lowest BCUT2D eigenvalue weighted by molar-refractivity contribution is -0.312. The fraction of sp³-hybridized carbons (Fsp3) is 0.933. The minimum atomic E-state index is -6.82. The van der Waals surface area contributed by atoms with E-state index in [2.05, 4.69) is 66.9 Å². The third kappa shape index (κ3) is 47.7. The van der Waals surface area contributed by atoms with Crippen LogP contribution in [0.2, 0.25) is 0 Å². The van der Waals surface area contributed by atoms with E-state index >= 15 is 0 Å². The SMILES string of the molecule is O=C(NCCCCCCNC(=O)[C@H](OS(=O)(=O)O)[C@@H](OS(=O)(=O)O)[C@H](O[C@@H]1O[C@H](COS(=O)(=O)O)[C@H](OS(=O)(=O)O)[C@H](OS(=O)(=O)O)[C@H]1OS(=O)(=O)O)[C@@H](COS(=O)(=O)O)OS(=O)(=O)O)[C@@H](OS(=O)(=O)O)[C@H](OS(=O)(=O)O)[C@@H](O[C@H]1O[C@@H](COS(=O)(=O)O)[C@@H](OS(=O)(=O)O)[C@@H](OS(=O)(=O)O)[C@@H]1OS(=O)(=O)O)[C@H](COS(=O)(=O)O)OS(=O)(=O)O. The summed E-state index contributed by atoms with van der Waals surface area (Å²) in [6, 6.07) is 0. The number of amides is 2. The molecule has 0 saturated carbocycles. The van der Waals surface area contributed by atoms with E-state index in [4.69, 9.17) is 18.9 Å². The maximum atomic E-state index is 14.1. The first-order chi connectivity index (χ1) is 52.3. The number of hydrogen-bond donors (Lipinski definition) is 18. The molecule has 118 heavy (non-hydrogen) atoms. The highest BCUT2D eigenvalue weighted by Crippen LogP contribution is 2.38. The van der Waals surface area contributed by atoms with Crippen LogP contribution in [0.4, 0.5) is 0 Å². The van der Waals surface area contributed by atoms with E-state index in [1.54, 1.807) is 10.6 Å². The number of carbonyl (C=O) groups excluding carboxylic acids is 2. The molecular weight excluding hydrogens is 2020 g/mol. The number of ether oxygens (including phenoxy) is 4. The van der Waals surface area contributed by atoms with E-state index in [1.165, 1.54) is 0 Å². The van der Waals surface area contributed by atoms with Crippen molar-refractivity contribution in [2.75, 3.05) is 39.5 Å². The highest BCUT2D eigenvalue weighted by molar-refractivity contribution is 7.84. The molecule has 2 aliphatic rings. The largest absolute Gasteiger partial charge is 0.398 e. The van der Waals surface area contributed by atoms with Gasteiger partial charge < -0.3 is 29.6 Å². The fourth-order valence-electron chi connectivity index (χ4n) is 8.91. The summed E-state index contributed by atoms with van der Waals surface area (Å²) >= 11 is 0. The van der Waals surface area contributed by atoms with Gasteiger partial charge in [0.2, 0.25) is 0 Å². The molecule has 88 heteroatoms. The lowest BCUT2D eigenvalue weighted by atomic mass is 9.98. The summed E-state index contributed by atoms with van der Waals surface area (Å²) in [5.74, 6) is -5.02. The molecule has 0 aliphatic carbocycles. The summed E-state index contributed by atoms with van der Waals surface area (Å²) in [4.78, 5) is 28.1. The van der Waals surface area contributed by atoms with Crippen molar-refractivity contribution in [1.29, 1.82) is 0 Å². The fourth-order valence-corrected chi connectivity index (χ4v) is 16.0. The Hall–Kier alpha value is -3.30. The van der Waals surface area contributed by atoms with Crippen LogP contribution in [0.25, 0.3) is 0 Å². The Kier molecular flexibility index (Phi) is 39.7. The second kappa shape index (κ2) is 42.3. The molecule has 0 radical (unpaired) electrons. The third-order valence-corrected chi connectivity index (χ3v) is 19.6. The molecule has 2 amide bonds. The maximum absolute atomic E-state index is 14.1. The van der Waals surface area contributed by atoms with Gasteiger partial charge in [-0.15, -0.1) is 0 Å². The van der Waals surface area contributed by atoms with Crippen LogP contribution in [0.1, 0.15) is 25.7 Å². The molecule has 0 aromatic carbocycles. The summed E-state index contributed by atoms with van der Waals surface area (Å²) < 4.78 is 628. The smallest absolute Gasteiger partial charge is 0.354 e. The normalized spacial score (nSPS) is 24.0. The molecule has 2 heterocycles. The van der Waals surface area contributed by atoms with Crippen molar-refractivity contribution in [3.63, 3.8) is 0 Å². The number of unbranched alkanes of at least 4 members (excludes halogenated alkanes) is 3. The van der Waals surface area contributed by atoms with Gasteiger partial charge in [0.1, 0.15) is 73.2 Å². The first-order valence-electron chi connectivity index (χ1n) is 27.8. The molecule has 18 atom stereocenters. The molecule has 2 saturated heterocycles. The van der Waals surface area contributed by atoms with E-state index in [0.717, 1.165) is 0 Å². The third-order valence-electron chi connectivity index (χ3n) is 12.3. The number of hydrogen-bond acceptors (Lipinski definition) is 54. The Morgan fingerprint density at radius 1 is 0.263 bits per heavy atom. The van der Waals surface area contributed by atoms with Crippen LogP contribution < -0.4 is 10.6 Å². The van der Waals surface area contributed by atoms with Gasteiger partial charge in [0.25, 0.3) is 11.8 Å². The van der Waals surface area contributed by atoms with Crippen molar-refractivity contribution >= 4 is 178 Å². The van der Waals surface area contributed by atoms with Gasteiger partial charge in [0.05, 0.1) is 26.4 Å². The lowest BCUT2D eigenvalue weighted by Crippen LogP contribution is -2.65. The molecule has 0 aromatic rings. The predicted octanol–water partition coefficient (Wildman–Crippen LogP) is -13.5. The van der Waals surface area contributed by atoms with E-state index in [9.17, 15) is 217 Å². The summed E-state index contributed by atoms with van der Waals surface area (Å²) in [5.41, 5.74) is 0. The number of nitrogens with one attached hydrogen (secondary N) is 2. The second-order valence-corrected chi connectivity index (χ2v) is 38.0. The first-order valence-corrected chi connectivity index (χ1v) is 49.6. The number of rotatable bonds is 55. The van der Waals surface area contributed by atoms with Crippen LogP contribution in [-0.2, 0) is 262 Å². The van der Waals surface area contributed by atoms with Gasteiger partial charge in [-0.1, -0.05) is 12.8 Å². The zero-order chi connectivity index (χ0) is 92.2. The lowest BCUT2D eigenvalue weighted by Gasteiger charge is -2.45. The van der Waals surface area contributed by atoms with Gasteiger partial charge in [-0.3, -0.25) is 82.4 Å². The average Bonchev–Trinajstić information content (AvgIpc) is 0.766. The minimum absolute atomic E-state index is 0.639. The Bertz CT molecular complexity index is 5090. The van der Waals surface area contributed by atoms with E-state index in [0.29, 0.717) is 0 Å². The standard InChI is InChI=1S/C30H56N2O70S16/c33-27(23(99-115(71,72)73)19(95-111(59,60)61)15(13(91-107(47,48)49)9-85-105(41,42)43)89-29-25(101-117(77,78)79)21(97-113(65,66)67)17(93-109(53,54)55)11(87-29)7-83-103(35,36)37)31-5-3-1-2-4-6-32-28(34)24(100-116(74,75)76)20(96-112(62,63)64)16(14(92-108(50,51)52)10-86-106(44,45)46)90-30-26(102-118(80,81)82)22(98-114(68,69)70)18(94-110(56,57)58)12(88-30)8-84-104(38,39)40/h11-26,29-30H,1-10H2,(H,31,33)(H,32,34)(H,35,36,37)(H,38,39,40)(H,41,42,43)(H,44,45,46)(H,47,48,49)(H,50,51,52)(H,53,54,55)(H,56,57,58)(H,59,60,61)(H,62,63,64)(H,65,66,67)(H,68,69,70)(H,71,72,73)(H,74,75,76)(H,77,78,79)(H,80,81,82)/t11-,12+,13-,14+,15-,16+,17+,18-,19+,20-,21+,22-,23-,24+,25-,26+,29+,30-. The molecule has 2 aliphatic heterocycles. The van der Waals surface area contributed by atoms with Gasteiger partial charge in [0.15, 0.2) is 37.0 Å². The van der Waals surface area contributed by atoms with Gasteiger partial charge >= 0.3 is 166 Å². The Morgan fingerprint density at radius 2 is 0.492 bits per heavy atom. The Labute approximate surface area is 662 Å². The van der Waals surface area contributed by atoms with Crippen molar-refractivity contribution in [2.24, 2.45) is 0 Å². The summed E-state index contributed by atoms with van der Waals surface area (Å²) in [6.45, 7) is -12.2. The van der Waals surface area contributed by atoms with Crippen molar-refractivity contribution < 1.29 is 303 Å². The van der Waals surface area contributed by atoms with Crippen LogP contribution in [-0.4, -0.2) is 369 Å². The quantitative estimate of drug-likeness (QED) is 0.0199. The molecular formula is C30H56N2O70S16. The van der Waals surface area contributed by atoms with Gasteiger partial charge in [0, 0.05) is 13.1 Å². The van der Waals surface area contributed by atoms with Crippen LogP contribution in [0, 0.1) is 0 Å². The molecule has 18 N–H and O–H groups in total. The molecule has 702 valence electrons. The van der Waals surface area contributed by atoms with Crippen molar-refractivity contribution in [2.45, 2.75) is 136 Å². The summed E-state index contributed by atoms with van der Waals surface area (Å²) in [7, 11) is -104. The van der Waals surface area contributed by atoms with Crippen LogP contribution in [0.3, 0.4) is 0 Å². The second-order valence-electron chi connectivity index (χ2n) is 21.1. The monoisotopic (exact) mass is 2080 g/mol. The zero-order valence-corrected chi connectivity index (χ0v) is 68.3. The van der Waals surface area contributed by atoms with E-state index < -0.39 is 354 Å². The molecule has 2 rings (SSSR count). The topological polar surface area (TPSA) is 1110 Å². The highest BCUT2D eigenvalue weighted by Gasteiger charge is 2.60. The molecule has 0 aromatic heterocycles. The van der Waals surface area contributed by atoms with Gasteiger partial charge in [-0.2, -0.15) is 135 Å². The first kappa shape index (κ1) is 111. The maximum Gasteiger partial charge on any atom is 0.398 e. The summed E-state index contributed by atoms with van der Waals surface area (Å²) in [5, 5.41) is 3.10. The van der Waals surface area contributed by atoms with Crippen molar-refractivity contribution in [3.8, 4) is 0 Å². The zero-order valence-electron chi connectivity index (χ0n) is 55.2. The van der Waals surface area contributed by atoms with E-state index in [-0.39, 0.29) is 0 Å². The molecule has 0 spiro atoms. The average molecular weight is 2080 g/mol. The molecule has 2 fully saturated rings. The summed E-state index contributed by atoms with van der Waals surface area (Å²) in [6.07, 6.45) is -71.7. The highest BCUT2D eigenvalue weighted by atomic mass is 32.3. The minimum Gasteiger partial charge on any atom is -0.354 e. The van der Waals surface area contributed by atoms with E-state index in [1.807, 2.05) is 0 Å². The molecule has 72 nitrogen and oxygen atoms in total. The van der Waals surface area contributed by atoms with Crippen LogP contribution in [0.15, 0.2) is 0 Å². The van der Waals surface area contributed by atoms with Crippen LogP contribution >= 0.6 is 0 Å². The van der Waals surface area contributed by atoms with Gasteiger partial charge in [-0.05, 0) is 12.8 Å².